The number of hydrogen-bond acceptors (Lipinski definition) is 3. The average molecular weight is 268 g/mol. The van der Waals surface area contributed by atoms with Crippen molar-refractivity contribution in [1.29, 1.82) is 0 Å². The van der Waals surface area contributed by atoms with E-state index in [0.717, 1.165) is 12.1 Å². The van der Waals surface area contributed by atoms with Crippen LogP contribution in [0.3, 0.4) is 0 Å². The van der Waals surface area contributed by atoms with Gasteiger partial charge in [0.25, 0.3) is 0 Å². The minimum atomic E-state index is -4.39. The van der Waals surface area contributed by atoms with Crippen LogP contribution in [0.5, 0.6) is 11.5 Å². The largest absolute Gasteiger partial charge is 0.456 e. The first-order valence-electron chi connectivity index (χ1n) is 5.49. The molecule has 1 heterocycles. The van der Waals surface area contributed by atoms with Crippen LogP contribution in [0, 0.1) is 0 Å². The van der Waals surface area contributed by atoms with Crippen molar-refractivity contribution >= 4 is 0 Å². The summed E-state index contributed by atoms with van der Waals surface area (Å²) in [6, 6.07) is 7.93. The van der Waals surface area contributed by atoms with E-state index in [1.165, 1.54) is 18.3 Å². The van der Waals surface area contributed by atoms with Crippen LogP contribution in [0.2, 0.25) is 0 Å². The highest BCUT2D eigenvalue weighted by Gasteiger charge is 2.30. The molecule has 0 unspecified atom stereocenters. The predicted octanol–water partition coefficient (Wildman–Crippen LogP) is 3.35. The molecule has 6 heteroatoms. The summed E-state index contributed by atoms with van der Waals surface area (Å²) in [5.41, 5.74) is 5.32. The SMILES string of the molecule is NCc1ccc(Oc2cccc(C(F)(F)F)c2)cn1. The van der Waals surface area contributed by atoms with Crippen molar-refractivity contribution in [3.8, 4) is 11.5 Å². The van der Waals surface area contributed by atoms with Gasteiger partial charge in [-0.3, -0.25) is 4.98 Å². The fourth-order valence-corrected chi connectivity index (χ4v) is 1.46. The first-order valence-corrected chi connectivity index (χ1v) is 5.49. The fourth-order valence-electron chi connectivity index (χ4n) is 1.46. The lowest BCUT2D eigenvalue weighted by Gasteiger charge is -2.09. The van der Waals surface area contributed by atoms with E-state index < -0.39 is 11.7 Å². The summed E-state index contributed by atoms with van der Waals surface area (Å²) in [7, 11) is 0. The maximum Gasteiger partial charge on any atom is 0.416 e. The number of nitrogens with zero attached hydrogens (tertiary/aromatic N) is 1. The molecule has 1 aromatic heterocycles. The number of nitrogens with two attached hydrogens (primary N) is 1. The van der Waals surface area contributed by atoms with Gasteiger partial charge >= 0.3 is 6.18 Å². The zero-order valence-electron chi connectivity index (χ0n) is 9.82. The summed E-state index contributed by atoms with van der Waals surface area (Å²) in [6.07, 6.45) is -2.97. The van der Waals surface area contributed by atoms with E-state index in [-0.39, 0.29) is 5.75 Å². The molecular weight excluding hydrogens is 257 g/mol. The zero-order valence-corrected chi connectivity index (χ0v) is 9.82. The van der Waals surface area contributed by atoms with Crippen LogP contribution in [0.25, 0.3) is 0 Å². The van der Waals surface area contributed by atoms with Crippen LogP contribution in [0.15, 0.2) is 42.6 Å². The van der Waals surface area contributed by atoms with Crippen LogP contribution in [-0.4, -0.2) is 4.98 Å². The molecular formula is C13H11F3N2O. The number of benzene rings is 1. The zero-order chi connectivity index (χ0) is 13.9. The van der Waals surface area contributed by atoms with E-state index in [9.17, 15) is 13.2 Å². The molecule has 100 valence electrons. The molecule has 0 saturated carbocycles. The Morgan fingerprint density at radius 2 is 1.89 bits per heavy atom. The van der Waals surface area contributed by atoms with Crippen molar-refractivity contribution in [3.05, 3.63) is 53.9 Å². The van der Waals surface area contributed by atoms with Crippen LogP contribution in [-0.2, 0) is 12.7 Å². The van der Waals surface area contributed by atoms with Crippen LogP contribution in [0.1, 0.15) is 11.3 Å². The summed E-state index contributed by atoms with van der Waals surface area (Å²) < 4.78 is 42.9. The Labute approximate surface area is 107 Å². The lowest BCUT2D eigenvalue weighted by molar-refractivity contribution is -0.137. The number of hydrogen-bond donors (Lipinski definition) is 1. The topological polar surface area (TPSA) is 48.1 Å². The highest BCUT2D eigenvalue weighted by molar-refractivity contribution is 5.34. The van der Waals surface area contributed by atoms with Gasteiger partial charge in [0.2, 0.25) is 0 Å². The molecule has 19 heavy (non-hydrogen) atoms. The summed E-state index contributed by atoms with van der Waals surface area (Å²) in [5.74, 6) is 0.466. The Hall–Kier alpha value is -2.08. The molecule has 1 aromatic carbocycles. The molecule has 2 rings (SSSR count). The number of aromatic nitrogens is 1. The van der Waals surface area contributed by atoms with Crippen LogP contribution in [0.4, 0.5) is 13.2 Å². The monoisotopic (exact) mass is 268 g/mol. The molecule has 0 bridgehead atoms. The summed E-state index contributed by atoms with van der Waals surface area (Å²) in [6.45, 7) is 0.295. The Morgan fingerprint density at radius 1 is 1.11 bits per heavy atom. The Kier molecular flexibility index (Phi) is 3.71. The normalized spacial score (nSPS) is 11.4. The van der Waals surface area contributed by atoms with Gasteiger partial charge in [0, 0.05) is 6.54 Å². The fraction of sp³-hybridized carbons (Fsp3) is 0.154. The van der Waals surface area contributed by atoms with Gasteiger partial charge in [-0.2, -0.15) is 13.2 Å². The maximum atomic E-state index is 12.5. The quantitative estimate of drug-likeness (QED) is 0.928. The van der Waals surface area contributed by atoms with Crippen molar-refractivity contribution in [2.45, 2.75) is 12.7 Å². The van der Waals surface area contributed by atoms with Crippen LogP contribution < -0.4 is 10.5 Å². The second-order valence-electron chi connectivity index (χ2n) is 3.82. The Bertz CT molecular complexity index is 553. The molecule has 2 N–H and O–H groups in total. The number of ether oxygens (including phenoxy) is 1. The number of halogens is 3. The number of alkyl halides is 3. The Balaban J connectivity index is 2.18. The first kappa shape index (κ1) is 13.4. The molecule has 0 aliphatic rings. The minimum absolute atomic E-state index is 0.108. The minimum Gasteiger partial charge on any atom is -0.456 e. The second-order valence-corrected chi connectivity index (χ2v) is 3.82. The molecule has 0 aliphatic heterocycles. The number of pyridine rings is 1. The molecule has 3 nitrogen and oxygen atoms in total. The average Bonchev–Trinajstić information content (AvgIpc) is 2.39. The molecule has 2 aromatic rings. The third-order valence-electron chi connectivity index (χ3n) is 2.40. The summed E-state index contributed by atoms with van der Waals surface area (Å²) in [4.78, 5) is 3.99. The van der Waals surface area contributed by atoms with Gasteiger partial charge in [0.15, 0.2) is 0 Å². The second kappa shape index (κ2) is 5.27. The molecule has 0 spiro atoms. The van der Waals surface area contributed by atoms with Crippen molar-refractivity contribution < 1.29 is 17.9 Å². The van der Waals surface area contributed by atoms with Gasteiger partial charge in [0.1, 0.15) is 11.5 Å². The smallest absolute Gasteiger partial charge is 0.416 e. The third kappa shape index (κ3) is 3.45. The van der Waals surface area contributed by atoms with Crippen molar-refractivity contribution in [1.82, 2.24) is 4.98 Å². The van der Waals surface area contributed by atoms with Gasteiger partial charge in [-0.15, -0.1) is 0 Å². The third-order valence-corrected chi connectivity index (χ3v) is 2.40. The van der Waals surface area contributed by atoms with Crippen molar-refractivity contribution in [2.24, 2.45) is 5.73 Å². The predicted molar refractivity (Wildman–Crippen MR) is 63.6 cm³/mol. The molecule has 0 aliphatic carbocycles. The Morgan fingerprint density at radius 3 is 2.47 bits per heavy atom. The molecule has 0 atom stereocenters. The molecule has 0 amide bonds. The first-order chi connectivity index (χ1) is 8.99. The van der Waals surface area contributed by atoms with E-state index >= 15 is 0 Å². The summed E-state index contributed by atoms with van der Waals surface area (Å²) >= 11 is 0. The van der Waals surface area contributed by atoms with E-state index in [0.29, 0.717) is 18.0 Å². The molecule has 0 saturated heterocycles. The van der Waals surface area contributed by atoms with Crippen molar-refractivity contribution in [2.75, 3.05) is 0 Å². The van der Waals surface area contributed by atoms with Gasteiger partial charge < -0.3 is 10.5 Å². The van der Waals surface area contributed by atoms with Gasteiger partial charge in [-0.05, 0) is 30.3 Å². The highest BCUT2D eigenvalue weighted by Crippen LogP contribution is 2.32. The lowest BCUT2D eigenvalue weighted by atomic mass is 10.2. The standard InChI is InChI=1S/C13H11F3N2O/c14-13(15,16)9-2-1-3-11(6-9)19-12-5-4-10(7-17)18-8-12/h1-6,8H,7,17H2. The van der Waals surface area contributed by atoms with E-state index in [4.69, 9.17) is 10.5 Å². The van der Waals surface area contributed by atoms with Gasteiger partial charge in [0.05, 0.1) is 17.5 Å². The van der Waals surface area contributed by atoms with E-state index in [1.54, 1.807) is 12.1 Å². The summed E-state index contributed by atoms with van der Waals surface area (Å²) in [5, 5.41) is 0. The lowest BCUT2D eigenvalue weighted by Crippen LogP contribution is -2.04. The molecule has 0 fully saturated rings. The van der Waals surface area contributed by atoms with E-state index in [1.807, 2.05) is 0 Å². The van der Waals surface area contributed by atoms with Gasteiger partial charge in [-0.25, -0.2) is 0 Å². The van der Waals surface area contributed by atoms with Gasteiger partial charge in [-0.1, -0.05) is 6.07 Å². The highest BCUT2D eigenvalue weighted by atomic mass is 19.4. The maximum absolute atomic E-state index is 12.5. The molecule has 0 radical (unpaired) electrons. The number of rotatable bonds is 3. The van der Waals surface area contributed by atoms with Crippen LogP contribution >= 0.6 is 0 Å². The van der Waals surface area contributed by atoms with E-state index in [2.05, 4.69) is 4.98 Å². The van der Waals surface area contributed by atoms with Crippen molar-refractivity contribution in [3.63, 3.8) is 0 Å².